The predicted molar refractivity (Wildman–Crippen MR) is 144 cm³/mol. The molecule has 1 aromatic heterocycles. The summed E-state index contributed by atoms with van der Waals surface area (Å²) in [6.07, 6.45) is 2.73. The lowest BCUT2D eigenvalue weighted by atomic mass is 9.81. The number of hydrogen-bond donors (Lipinski definition) is 5. The van der Waals surface area contributed by atoms with Crippen molar-refractivity contribution in [2.45, 2.75) is 43.3 Å². The molecule has 11 heteroatoms. The van der Waals surface area contributed by atoms with Crippen LogP contribution in [0.15, 0.2) is 54.7 Å². The molecule has 0 radical (unpaired) electrons. The van der Waals surface area contributed by atoms with E-state index < -0.39 is 12.2 Å². The van der Waals surface area contributed by atoms with E-state index in [0.717, 1.165) is 61.5 Å². The molecule has 206 valence electrons. The summed E-state index contributed by atoms with van der Waals surface area (Å²) in [6, 6.07) is 14.2. The molecule has 2 aromatic carbocycles. The summed E-state index contributed by atoms with van der Waals surface area (Å²) in [5.41, 5.74) is 3.44. The molecule has 3 aromatic rings. The Kier molecular flexibility index (Phi) is 8.08. The van der Waals surface area contributed by atoms with E-state index in [0.29, 0.717) is 5.69 Å². The largest absolute Gasteiger partial charge is 0.465 e. The van der Waals surface area contributed by atoms with E-state index in [9.17, 15) is 14.0 Å². The molecule has 0 saturated carbocycles. The van der Waals surface area contributed by atoms with E-state index >= 15 is 0 Å². The van der Waals surface area contributed by atoms with Crippen molar-refractivity contribution >= 4 is 17.9 Å². The first-order chi connectivity index (χ1) is 18.9. The standard InChI is InChI=1S/C28H33FN6O4/c1-39-28(38)33-20-8-4-18(5-9-20)24-16-31-26(34-24)25-23(17-2-6-19(29)7-3-17)14-22(15-30-25)35-12-10-21(11-13-35)32-27(36)37/h2-9,16,21-23,25,30,32H,10-15H2,1H3,(H,31,34)(H,33,38)(H,36,37). The van der Waals surface area contributed by atoms with E-state index in [1.54, 1.807) is 18.3 Å². The number of piperidine rings is 2. The van der Waals surface area contributed by atoms with Crippen LogP contribution in [0.5, 0.6) is 0 Å². The average molecular weight is 537 g/mol. The third-order valence-corrected chi connectivity index (χ3v) is 7.69. The third-order valence-electron chi connectivity index (χ3n) is 7.69. The number of nitrogens with one attached hydrogen (secondary N) is 4. The van der Waals surface area contributed by atoms with Gasteiger partial charge in [-0.1, -0.05) is 24.3 Å². The number of amides is 2. The molecule has 3 atom stereocenters. The number of methoxy groups -OCH3 is 1. The Morgan fingerprint density at radius 3 is 2.49 bits per heavy atom. The molecule has 2 saturated heterocycles. The number of rotatable bonds is 6. The minimum absolute atomic E-state index is 0.0113. The summed E-state index contributed by atoms with van der Waals surface area (Å²) >= 11 is 0. The van der Waals surface area contributed by atoms with Gasteiger partial charge in [0, 0.05) is 43.3 Å². The van der Waals surface area contributed by atoms with Crippen LogP contribution in [-0.4, -0.2) is 71.0 Å². The Labute approximate surface area is 226 Å². The number of aromatic amines is 1. The number of ether oxygens (including phenoxy) is 1. The number of carbonyl (C=O) groups excluding carboxylic acids is 1. The highest BCUT2D eigenvalue weighted by atomic mass is 19.1. The molecule has 5 N–H and O–H groups in total. The molecular weight excluding hydrogens is 503 g/mol. The zero-order valence-electron chi connectivity index (χ0n) is 21.7. The van der Waals surface area contributed by atoms with Crippen molar-refractivity contribution in [3.63, 3.8) is 0 Å². The van der Waals surface area contributed by atoms with E-state index in [1.807, 2.05) is 24.3 Å². The van der Waals surface area contributed by atoms with Gasteiger partial charge < -0.3 is 25.5 Å². The monoisotopic (exact) mass is 536 g/mol. The van der Waals surface area contributed by atoms with Gasteiger partial charge in [-0.2, -0.15) is 0 Å². The number of aromatic nitrogens is 2. The van der Waals surface area contributed by atoms with Crippen LogP contribution in [0.3, 0.4) is 0 Å². The van der Waals surface area contributed by atoms with Crippen molar-refractivity contribution in [1.82, 2.24) is 25.5 Å². The number of anilines is 1. The molecule has 5 rings (SSSR count). The molecule has 3 unspecified atom stereocenters. The Morgan fingerprint density at radius 1 is 1.10 bits per heavy atom. The van der Waals surface area contributed by atoms with E-state index in [4.69, 9.17) is 10.1 Å². The number of nitrogens with zero attached hydrogens (tertiary/aromatic N) is 2. The summed E-state index contributed by atoms with van der Waals surface area (Å²) < 4.78 is 18.4. The van der Waals surface area contributed by atoms with Gasteiger partial charge >= 0.3 is 12.2 Å². The topological polar surface area (TPSA) is 132 Å². The van der Waals surface area contributed by atoms with E-state index in [2.05, 4.69) is 30.6 Å². The van der Waals surface area contributed by atoms with Gasteiger partial charge in [0.15, 0.2) is 0 Å². The highest BCUT2D eigenvalue weighted by Gasteiger charge is 2.37. The third kappa shape index (κ3) is 6.37. The van der Waals surface area contributed by atoms with Crippen molar-refractivity contribution in [3.8, 4) is 11.3 Å². The molecule has 2 aliphatic rings. The van der Waals surface area contributed by atoms with Crippen LogP contribution in [0.4, 0.5) is 19.7 Å². The quantitative estimate of drug-likeness (QED) is 0.317. The first-order valence-corrected chi connectivity index (χ1v) is 13.1. The second kappa shape index (κ2) is 11.8. The van der Waals surface area contributed by atoms with E-state index in [1.165, 1.54) is 19.2 Å². The summed E-state index contributed by atoms with van der Waals surface area (Å²) in [7, 11) is 1.32. The van der Waals surface area contributed by atoms with Gasteiger partial charge in [-0.15, -0.1) is 0 Å². The van der Waals surface area contributed by atoms with Crippen LogP contribution >= 0.6 is 0 Å². The van der Waals surface area contributed by atoms with Crippen LogP contribution in [-0.2, 0) is 4.74 Å². The lowest BCUT2D eigenvalue weighted by Crippen LogP contribution is -2.54. The van der Waals surface area contributed by atoms with Gasteiger partial charge in [-0.25, -0.2) is 19.0 Å². The number of hydrogen-bond acceptors (Lipinski definition) is 6. The maximum absolute atomic E-state index is 13.8. The average Bonchev–Trinajstić information content (AvgIpc) is 3.44. The van der Waals surface area contributed by atoms with Gasteiger partial charge in [-0.3, -0.25) is 10.2 Å². The first kappa shape index (κ1) is 26.6. The minimum atomic E-state index is -0.973. The van der Waals surface area contributed by atoms with Crippen molar-refractivity contribution < 1.29 is 23.8 Å². The van der Waals surface area contributed by atoms with Crippen molar-refractivity contribution in [2.75, 3.05) is 32.1 Å². The van der Waals surface area contributed by atoms with Gasteiger partial charge in [-0.05, 0) is 54.7 Å². The van der Waals surface area contributed by atoms with Crippen molar-refractivity contribution in [2.24, 2.45) is 0 Å². The maximum atomic E-state index is 13.8. The summed E-state index contributed by atoms with van der Waals surface area (Å²) in [5, 5.41) is 18.0. The molecule has 2 amide bonds. The molecule has 2 fully saturated rings. The fraction of sp³-hybridized carbons (Fsp3) is 0.393. The Hall–Kier alpha value is -3.96. The lowest BCUT2D eigenvalue weighted by Gasteiger charge is -2.44. The van der Waals surface area contributed by atoms with Crippen LogP contribution in [0.2, 0.25) is 0 Å². The SMILES string of the molecule is COC(=O)Nc1ccc(-c2cnc(C3NCC(N4CCC(NC(=O)O)CC4)CC3c3ccc(F)cc3)[nH]2)cc1. The Balaban J connectivity index is 1.32. The lowest BCUT2D eigenvalue weighted by molar-refractivity contribution is 0.102. The zero-order valence-corrected chi connectivity index (χ0v) is 21.7. The zero-order chi connectivity index (χ0) is 27.4. The number of benzene rings is 2. The van der Waals surface area contributed by atoms with Gasteiger partial charge in [0.1, 0.15) is 11.6 Å². The van der Waals surface area contributed by atoms with Crippen LogP contribution < -0.4 is 16.0 Å². The van der Waals surface area contributed by atoms with Gasteiger partial charge in [0.25, 0.3) is 0 Å². The maximum Gasteiger partial charge on any atom is 0.411 e. The number of halogens is 1. The predicted octanol–water partition coefficient (Wildman–Crippen LogP) is 4.31. The fourth-order valence-corrected chi connectivity index (χ4v) is 5.65. The Morgan fingerprint density at radius 2 is 1.82 bits per heavy atom. The molecule has 2 aliphatic heterocycles. The number of H-pyrrole nitrogens is 1. The number of carbonyl (C=O) groups is 2. The van der Waals surface area contributed by atoms with Crippen LogP contribution in [0.25, 0.3) is 11.3 Å². The van der Waals surface area contributed by atoms with Gasteiger partial charge in [0.2, 0.25) is 0 Å². The highest BCUT2D eigenvalue weighted by Crippen LogP contribution is 2.39. The molecule has 39 heavy (non-hydrogen) atoms. The smallest absolute Gasteiger partial charge is 0.411 e. The second-order valence-corrected chi connectivity index (χ2v) is 10.1. The minimum Gasteiger partial charge on any atom is -0.465 e. The van der Waals surface area contributed by atoms with Crippen molar-refractivity contribution in [1.29, 1.82) is 0 Å². The van der Waals surface area contributed by atoms with Gasteiger partial charge in [0.05, 0.1) is 25.0 Å². The molecule has 3 heterocycles. The van der Waals surface area contributed by atoms with Crippen LogP contribution in [0, 0.1) is 5.82 Å². The molecule has 10 nitrogen and oxygen atoms in total. The first-order valence-electron chi connectivity index (χ1n) is 13.1. The molecule has 0 spiro atoms. The Bertz CT molecular complexity index is 1270. The normalized spacial score (nSPS) is 22.3. The summed E-state index contributed by atoms with van der Waals surface area (Å²) in [6.45, 7) is 2.41. The van der Waals surface area contributed by atoms with E-state index in [-0.39, 0.29) is 29.9 Å². The molecule has 0 aliphatic carbocycles. The molecular formula is C28H33FN6O4. The summed E-state index contributed by atoms with van der Waals surface area (Å²) in [5.74, 6) is 0.595. The van der Waals surface area contributed by atoms with Crippen molar-refractivity contribution in [3.05, 3.63) is 71.9 Å². The number of carboxylic acid groups (broad SMARTS) is 1. The molecule has 0 bridgehead atoms. The fourth-order valence-electron chi connectivity index (χ4n) is 5.65. The number of likely N-dealkylation sites (tertiary alicyclic amines) is 1. The summed E-state index contributed by atoms with van der Waals surface area (Å²) in [4.78, 5) is 33.1. The number of imidazole rings is 1. The van der Waals surface area contributed by atoms with Crippen LogP contribution in [0.1, 0.15) is 42.6 Å². The highest BCUT2D eigenvalue weighted by molar-refractivity contribution is 5.84. The second-order valence-electron chi connectivity index (χ2n) is 10.1.